The van der Waals surface area contributed by atoms with E-state index in [0.29, 0.717) is 0 Å². The maximum absolute atomic E-state index is 12.5. The van der Waals surface area contributed by atoms with E-state index in [0.717, 1.165) is 41.8 Å². The Balaban J connectivity index is 2.26. The first-order valence-electron chi connectivity index (χ1n) is 7.04. The van der Waals surface area contributed by atoms with Crippen molar-refractivity contribution < 1.29 is 9.53 Å². The van der Waals surface area contributed by atoms with E-state index >= 15 is 0 Å². The van der Waals surface area contributed by atoms with E-state index in [-0.39, 0.29) is 17.9 Å². The number of Topliss-reactive ketones (excluding diaryl/α,β-unsaturated/α-hetero) is 1. The summed E-state index contributed by atoms with van der Waals surface area (Å²) in [6.07, 6.45) is 2.18. The molecule has 0 radical (unpaired) electrons. The second-order valence-corrected chi connectivity index (χ2v) is 5.61. The molecule has 0 saturated carbocycles. The number of nitrogens with one attached hydrogen (secondary N) is 1. The van der Waals surface area contributed by atoms with Gasteiger partial charge in [-0.15, -0.1) is 0 Å². The summed E-state index contributed by atoms with van der Waals surface area (Å²) in [6.45, 7) is 8.94. The molecule has 1 saturated heterocycles. The number of carbonyl (C=O) groups is 1. The van der Waals surface area contributed by atoms with Gasteiger partial charge < -0.3 is 10.1 Å². The summed E-state index contributed by atoms with van der Waals surface area (Å²) in [5.41, 5.74) is 2.86. The molecular weight excluding hydrogens is 238 g/mol. The molecule has 1 aliphatic rings. The van der Waals surface area contributed by atoms with Crippen LogP contribution in [0.5, 0.6) is 5.75 Å². The molecule has 19 heavy (non-hydrogen) atoms. The van der Waals surface area contributed by atoms with E-state index in [9.17, 15) is 4.79 Å². The summed E-state index contributed by atoms with van der Waals surface area (Å²) in [6, 6.07) is 3.95. The lowest BCUT2D eigenvalue weighted by Crippen LogP contribution is -2.31. The van der Waals surface area contributed by atoms with Crippen molar-refractivity contribution in [1.82, 2.24) is 5.32 Å². The first kappa shape index (κ1) is 14.1. The molecule has 0 aliphatic carbocycles. The molecule has 0 spiro atoms. The van der Waals surface area contributed by atoms with Crippen molar-refractivity contribution in [2.45, 2.75) is 52.7 Å². The van der Waals surface area contributed by atoms with Crippen LogP contribution in [0, 0.1) is 13.8 Å². The Bertz CT molecular complexity index is 474. The number of rotatable bonds is 4. The molecule has 0 bridgehead atoms. The molecule has 3 nitrogen and oxygen atoms in total. The number of hydrogen-bond donors (Lipinski definition) is 1. The molecule has 1 aromatic carbocycles. The van der Waals surface area contributed by atoms with Crippen molar-refractivity contribution in [3.05, 3.63) is 28.8 Å². The van der Waals surface area contributed by atoms with Gasteiger partial charge in [0.1, 0.15) is 5.75 Å². The van der Waals surface area contributed by atoms with Crippen molar-refractivity contribution in [3.8, 4) is 5.75 Å². The van der Waals surface area contributed by atoms with Crippen LogP contribution in [-0.4, -0.2) is 24.5 Å². The minimum atomic E-state index is -0.00466. The molecular formula is C16H23NO2. The Morgan fingerprint density at radius 2 is 2.05 bits per heavy atom. The number of benzene rings is 1. The second kappa shape index (κ2) is 5.74. The second-order valence-electron chi connectivity index (χ2n) is 5.61. The standard InChI is InChI=1S/C16H23NO2/c1-10(2)19-15-9-11(3)13(8-12(15)4)16(18)14-6-5-7-17-14/h8-10,14,17H,5-7H2,1-4H3. The Labute approximate surface area is 115 Å². The third-order valence-corrected chi connectivity index (χ3v) is 3.53. The number of aryl methyl sites for hydroxylation is 2. The minimum Gasteiger partial charge on any atom is -0.491 e. The van der Waals surface area contributed by atoms with E-state index in [1.54, 1.807) is 0 Å². The highest BCUT2D eigenvalue weighted by molar-refractivity contribution is 6.01. The van der Waals surface area contributed by atoms with Gasteiger partial charge in [0.05, 0.1) is 12.1 Å². The normalized spacial score (nSPS) is 18.9. The van der Waals surface area contributed by atoms with Crippen molar-refractivity contribution in [2.24, 2.45) is 0 Å². The average Bonchev–Trinajstić information content (AvgIpc) is 2.85. The van der Waals surface area contributed by atoms with Gasteiger partial charge in [-0.05, 0) is 70.3 Å². The third kappa shape index (κ3) is 3.16. The zero-order valence-electron chi connectivity index (χ0n) is 12.2. The van der Waals surface area contributed by atoms with Crippen LogP contribution in [0.15, 0.2) is 12.1 Å². The van der Waals surface area contributed by atoms with Crippen molar-refractivity contribution >= 4 is 5.78 Å². The Morgan fingerprint density at radius 1 is 1.32 bits per heavy atom. The van der Waals surface area contributed by atoms with Crippen LogP contribution in [0.1, 0.15) is 48.2 Å². The summed E-state index contributed by atoms with van der Waals surface area (Å²) in [5, 5.41) is 3.27. The maximum atomic E-state index is 12.5. The molecule has 0 amide bonds. The van der Waals surface area contributed by atoms with Gasteiger partial charge >= 0.3 is 0 Å². The molecule has 104 valence electrons. The highest BCUT2D eigenvalue weighted by atomic mass is 16.5. The van der Waals surface area contributed by atoms with Crippen molar-refractivity contribution in [2.75, 3.05) is 6.54 Å². The van der Waals surface area contributed by atoms with Crippen LogP contribution in [-0.2, 0) is 0 Å². The molecule has 1 unspecified atom stereocenters. The molecule has 2 rings (SSSR count). The number of hydrogen-bond acceptors (Lipinski definition) is 3. The van der Waals surface area contributed by atoms with Crippen LogP contribution in [0.2, 0.25) is 0 Å². The van der Waals surface area contributed by atoms with Gasteiger partial charge in [0, 0.05) is 5.56 Å². The lowest BCUT2D eigenvalue weighted by atomic mass is 9.96. The highest BCUT2D eigenvalue weighted by Gasteiger charge is 2.25. The van der Waals surface area contributed by atoms with Crippen molar-refractivity contribution in [1.29, 1.82) is 0 Å². The smallest absolute Gasteiger partial charge is 0.180 e. The third-order valence-electron chi connectivity index (χ3n) is 3.53. The SMILES string of the molecule is Cc1cc(C(=O)C2CCCN2)c(C)cc1OC(C)C. The molecule has 1 N–H and O–H groups in total. The zero-order chi connectivity index (χ0) is 14.0. The monoisotopic (exact) mass is 261 g/mol. The quantitative estimate of drug-likeness (QED) is 0.847. The largest absolute Gasteiger partial charge is 0.491 e. The van der Waals surface area contributed by atoms with Gasteiger partial charge in [-0.1, -0.05) is 0 Å². The van der Waals surface area contributed by atoms with Gasteiger partial charge in [0.15, 0.2) is 5.78 Å². The summed E-state index contributed by atoms with van der Waals surface area (Å²) in [4.78, 5) is 12.5. The van der Waals surface area contributed by atoms with Crippen LogP contribution in [0.3, 0.4) is 0 Å². The van der Waals surface area contributed by atoms with E-state index in [4.69, 9.17) is 4.74 Å². The predicted octanol–water partition coefficient (Wildman–Crippen LogP) is 3.03. The molecule has 1 atom stereocenters. The number of ketones is 1. The van der Waals surface area contributed by atoms with Crippen LogP contribution < -0.4 is 10.1 Å². The fourth-order valence-electron chi connectivity index (χ4n) is 2.53. The summed E-state index contributed by atoms with van der Waals surface area (Å²) < 4.78 is 5.76. The van der Waals surface area contributed by atoms with Gasteiger partial charge in [-0.3, -0.25) is 4.79 Å². The zero-order valence-corrected chi connectivity index (χ0v) is 12.2. The molecule has 1 heterocycles. The Hall–Kier alpha value is -1.35. The fraction of sp³-hybridized carbons (Fsp3) is 0.562. The van der Waals surface area contributed by atoms with E-state index in [1.807, 2.05) is 39.8 Å². The summed E-state index contributed by atoms with van der Waals surface area (Å²) in [7, 11) is 0. The molecule has 3 heteroatoms. The first-order valence-corrected chi connectivity index (χ1v) is 7.04. The molecule has 0 aromatic heterocycles. The highest BCUT2D eigenvalue weighted by Crippen LogP contribution is 2.25. The van der Waals surface area contributed by atoms with E-state index < -0.39 is 0 Å². The Kier molecular flexibility index (Phi) is 4.25. The lowest BCUT2D eigenvalue weighted by molar-refractivity contribution is 0.0951. The molecule has 1 aliphatic heterocycles. The average molecular weight is 261 g/mol. The molecule has 1 fully saturated rings. The van der Waals surface area contributed by atoms with E-state index in [1.165, 1.54) is 0 Å². The van der Waals surface area contributed by atoms with Gasteiger partial charge in [0.25, 0.3) is 0 Å². The van der Waals surface area contributed by atoms with Crippen LogP contribution in [0.25, 0.3) is 0 Å². The van der Waals surface area contributed by atoms with Crippen LogP contribution >= 0.6 is 0 Å². The summed E-state index contributed by atoms with van der Waals surface area (Å²) >= 11 is 0. The lowest BCUT2D eigenvalue weighted by Gasteiger charge is -2.17. The minimum absolute atomic E-state index is 0.00466. The van der Waals surface area contributed by atoms with Crippen molar-refractivity contribution in [3.63, 3.8) is 0 Å². The fourth-order valence-corrected chi connectivity index (χ4v) is 2.53. The van der Waals surface area contributed by atoms with Gasteiger partial charge in [0.2, 0.25) is 0 Å². The first-order chi connectivity index (χ1) is 8.99. The molecule has 1 aromatic rings. The van der Waals surface area contributed by atoms with Gasteiger partial charge in [-0.2, -0.15) is 0 Å². The predicted molar refractivity (Wildman–Crippen MR) is 77.0 cm³/mol. The maximum Gasteiger partial charge on any atom is 0.180 e. The number of ether oxygens (including phenoxy) is 1. The Morgan fingerprint density at radius 3 is 2.63 bits per heavy atom. The summed E-state index contributed by atoms with van der Waals surface area (Å²) in [5.74, 6) is 1.10. The van der Waals surface area contributed by atoms with E-state index in [2.05, 4.69) is 5.32 Å². The topological polar surface area (TPSA) is 38.3 Å². The van der Waals surface area contributed by atoms with Gasteiger partial charge in [-0.25, -0.2) is 0 Å². The number of carbonyl (C=O) groups excluding carboxylic acids is 1. The van der Waals surface area contributed by atoms with Crippen LogP contribution in [0.4, 0.5) is 0 Å².